The van der Waals surface area contributed by atoms with Gasteiger partial charge in [0.05, 0.1) is 20.9 Å². The number of nitrogens with zero attached hydrogens (tertiary/aromatic N) is 2. The van der Waals surface area contributed by atoms with E-state index in [2.05, 4.69) is 15.6 Å². The lowest BCUT2D eigenvalue weighted by molar-refractivity contribution is -0.385. The van der Waals surface area contributed by atoms with Crippen molar-refractivity contribution in [3.05, 3.63) is 115 Å². The third-order valence-corrected chi connectivity index (χ3v) is 5.49. The van der Waals surface area contributed by atoms with E-state index < -0.39 is 9.85 Å². The molecule has 172 valence electrons. The summed E-state index contributed by atoms with van der Waals surface area (Å²) in [4.78, 5) is 37.5. The molecular weight excluding hydrogens is 450 g/mol. The minimum atomic E-state index is -0.464. The van der Waals surface area contributed by atoms with Crippen LogP contribution in [0.25, 0.3) is 21.8 Å². The summed E-state index contributed by atoms with van der Waals surface area (Å²) in [6.07, 6.45) is 0. The van der Waals surface area contributed by atoms with Crippen LogP contribution in [0.2, 0.25) is 0 Å². The van der Waals surface area contributed by atoms with Gasteiger partial charge in [-0.25, -0.2) is 0 Å². The van der Waals surface area contributed by atoms with Crippen molar-refractivity contribution in [2.45, 2.75) is 0 Å². The summed E-state index contributed by atoms with van der Waals surface area (Å²) in [5.74, 6) is 0. The number of hydrogen-bond donors (Lipinski definition) is 3. The van der Waals surface area contributed by atoms with Crippen molar-refractivity contribution in [2.75, 3.05) is 10.6 Å². The molecule has 0 saturated carbocycles. The SMILES string of the molecule is O=c1c2ccc(Nc3cccc([N+](=O)[O-])c3)cc2[nH]c2cc(Nc3cccc([N+](=O)[O-])c3)ccc12. The summed E-state index contributed by atoms with van der Waals surface area (Å²) in [7, 11) is 0. The van der Waals surface area contributed by atoms with Crippen molar-refractivity contribution in [3.63, 3.8) is 0 Å². The van der Waals surface area contributed by atoms with Crippen LogP contribution in [0, 0.1) is 20.2 Å². The number of H-pyrrole nitrogens is 1. The lowest BCUT2D eigenvalue weighted by Crippen LogP contribution is -2.05. The number of aromatic nitrogens is 1. The van der Waals surface area contributed by atoms with Gasteiger partial charge in [0.15, 0.2) is 5.43 Å². The quantitative estimate of drug-likeness (QED) is 0.158. The molecule has 0 unspecified atom stereocenters. The van der Waals surface area contributed by atoms with Crippen LogP contribution < -0.4 is 16.1 Å². The molecule has 0 aliphatic rings. The predicted molar refractivity (Wildman–Crippen MR) is 135 cm³/mol. The monoisotopic (exact) mass is 467 g/mol. The highest BCUT2D eigenvalue weighted by atomic mass is 16.6. The number of non-ortho nitro benzene ring substituents is 2. The summed E-state index contributed by atoms with van der Waals surface area (Å²) in [5.41, 5.74) is 3.37. The van der Waals surface area contributed by atoms with Crippen molar-refractivity contribution < 1.29 is 9.85 Å². The number of aromatic amines is 1. The van der Waals surface area contributed by atoms with Gasteiger partial charge in [0.2, 0.25) is 0 Å². The second kappa shape index (κ2) is 8.60. The second-order valence-corrected chi connectivity index (χ2v) is 7.84. The van der Waals surface area contributed by atoms with Crippen LogP contribution in [0.4, 0.5) is 34.1 Å². The fourth-order valence-electron chi connectivity index (χ4n) is 3.86. The number of benzene rings is 4. The van der Waals surface area contributed by atoms with E-state index in [0.29, 0.717) is 44.6 Å². The molecule has 1 aromatic heterocycles. The summed E-state index contributed by atoms with van der Waals surface area (Å²) in [5, 5.41) is 29.3. The van der Waals surface area contributed by atoms with Crippen LogP contribution in [0.3, 0.4) is 0 Å². The van der Waals surface area contributed by atoms with Crippen LogP contribution in [0.5, 0.6) is 0 Å². The molecule has 3 N–H and O–H groups in total. The van der Waals surface area contributed by atoms with Gasteiger partial charge in [-0.1, -0.05) is 12.1 Å². The smallest absolute Gasteiger partial charge is 0.271 e. The number of nitro groups is 2. The predicted octanol–water partition coefficient (Wildman–Crippen LogP) is 5.98. The van der Waals surface area contributed by atoms with E-state index in [-0.39, 0.29) is 16.8 Å². The van der Waals surface area contributed by atoms with Crippen molar-refractivity contribution in [3.8, 4) is 0 Å². The van der Waals surface area contributed by atoms with Crippen molar-refractivity contribution in [1.29, 1.82) is 0 Å². The minimum absolute atomic E-state index is 0.0287. The molecule has 0 radical (unpaired) electrons. The van der Waals surface area contributed by atoms with Crippen LogP contribution >= 0.6 is 0 Å². The first-order valence-electron chi connectivity index (χ1n) is 10.5. The highest BCUT2D eigenvalue weighted by Gasteiger charge is 2.10. The van der Waals surface area contributed by atoms with Gasteiger partial charge >= 0.3 is 0 Å². The topological polar surface area (TPSA) is 143 Å². The maximum absolute atomic E-state index is 13.1. The van der Waals surface area contributed by atoms with E-state index in [1.54, 1.807) is 60.7 Å². The molecule has 1 heterocycles. The Morgan fingerprint density at radius 3 is 1.46 bits per heavy atom. The molecule has 0 aliphatic carbocycles. The zero-order valence-electron chi connectivity index (χ0n) is 18.0. The maximum atomic E-state index is 13.1. The number of hydrogen-bond acceptors (Lipinski definition) is 7. The molecule has 0 amide bonds. The second-order valence-electron chi connectivity index (χ2n) is 7.84. The molecule has 5 rings (SSSR count). The Hall–Kier alpha value is -5.25. The molecule has 35 heavy (non-hydrogen) atoms. The summed E-state index contributed by atoms with van der Waals surface area (Å²) in [6, 6.07) is 22.7. The third-order valence-electron chi connectivity index (χ3n) is 5.49. The van der Waals surface area contributed by atoms with Gasteiger partial charge in [-0.15, -0.1) is 0 Å². The Morgan fingerprint density at radius 1 is 0.600 bits per heavy atom. The average molecular weight is 467 g/mol. The molecule has 10 heteroatoms. The Kier molecular flexibility index (Phi) is 5.30. The molecule has 10 nitrogen and oxygen atoms in total. The molecule has 5 aromatic rings. The molecule has 0 atom stereocenters. The molecular formula is C25H17N5O5. The Labute approximate surface area is 197 Å². The van der Waals surface area contributed by atoms with Gasteiger partial charge < -0.3 is 15.6 Å². The molecule has 0 spiro atoms. The molecule has 4 aromatic carbocycles. The van der Waals surface area contributed by atoms with Gasteiger partial charge in [0.1, 0.15) is 0 Å². The number of rotatable bonds is 6. The van der Waals surface area contributed by atoms with E-state index in [1.807, 2.05) is 0 Å². The van der Waals surface area contributed by atoms with Crippen molar-refractivity contribution in [1.82, 2.24) is 4.98 Å². The highest BCUT2D eigenvalue weighted by molar-refractivity contribution is 5.95. The average Bonchev–Trinajstić information content (AvgIpc) is 2.84. The fraction of sp³-hybridized carbons (Fsp3) is 0. The number of fused-ring (bicyclic) bond motifs is 2. The van der Waals surface area contributed by atoms with E-state index in [4.69, 9.17) is 0 Å². The first kappa shape index (κ1) is 21.6. The molecule has 0 saturated heterocycles. The Balaban J connectivity index is 1.50. The van der Waals surface area contributed by atoms with Crippen LogP contribution in [0.15, 0.2) is 89.7 Å². The standard InChI is InChI=1S/C25H17N5O5/c31-25-21-9-7-17(26-15-3-1-5-19(11-15)29(32)33)13-23(21)28-24-14-18(8-10-22(24)25)27-16-4-2-6-20(12-16)30(34)35/h1-14,26-27H,(H,28,31). The fourth-order valence-corrected chi connectivity index (χ4v) is 3.86. The van der Waals surface area contributed by atoms with E-state index in [0.717, 1.165) is 0 Å². The van der Waals surface area contributed by atoms with Gasteiger partial charge in [-0.05, 0) is 48.5 Å². The Bertz CT molecular complexity index is 1580. The lowest BCUT2D eigenvalue weighted by atomic mass is 10.1. The van der Waals surface area contributed by atoms with Gasteiger partial charge in [0, 0.05) is 57.8 Å². The highest BCUT2D eigenvalue weighted by Crippen LogP contribution is 2.26. The lowest BCUT2D eigenvalue weighted by Gasteiger charge is -2.10. The zero-order valence-corrected chi connectivity index (χ0v) is 18.0. The number of pyridine rings is 1. The number of nitrogens with one attached hydrogen (secondary N) is 3. The summed E-state index contributed by atoms with van der Waals surface area (Å²) >= 11 is 0. The van der Waals surface area contributed by atoms with Crippen LogP contribution in [-0.4, -0.2) is 14.8 Å². The maximum Gasteiger partial charge on any atom is 0.271 e. The van der Waals surface area contributed by atoms with E-state index >= 15 is 0 Å². The van der Waals surface area contributed by atoms with Gasteiger partial charge in [-0.2, -0.15) is 0 Å². The number of nitro benzene ring substituents is 2. The van der Waals surface area contributed by atoms with Crippen molar-refractivity contribution in [2.24, 2.45) is 0 Å². The van der Waals surface area contributed by atoms with Crippen molar-refractivity contribution >= 4 is 55.9 Å². The molecule has 0 aliphatic heterocycles. The van der Waals surface area contributed by atoms with Gasteiger partial charge in [-0.3, -0.25) is 25.0 Å². The van der Waals surface area contributed by atoms with E-state index in [9.17, 15) is 25.0 Å². The normalized spacial score (nSPS) is 10.9. The number of anilines is 4. The third kappa shape index (κ3) is 4.35. The zero-order chi connectivity index (χ0) is 24.5. The first-order chi connectivity index (χ1) is 16.9. The molecule has 0 fully saturated rings. The summed E-state index contributed by atoms with van der Waals surface area (Å²) < 4.78 is 0. The van der Waals surface area contributed by atoms with Crippen LogP contribution in [-0.2, 0) is 0 Å². The van der Waals surface area contributed by atoms with E-state index in [1.165, 1.54) is 24.3 Å². The largest absolute Gasteiger partial charge is 0.355 e. The minimum Gasteiger partial charge on any atom is -0.355 e. The molecule has 0 bridgehead atoms. The Morgan fingerprint density at radius 2 is 1.03 bits per heavy atom. The first-order valence-corrected chi connectivity index (χ1v) is 10.5. The van der Waals surface area contributed by atoms with Crippen LogP contribution in [0.1, 0.15) is 0 Å². The summed E-state index contributed by atoms with van der Waals surface area (Å²) in [6.45, 7) is 0. The van der Waals surface area contributed by atoms with Gasteiger partial charge in [0.25, 0.3) is 11.4 Å².